The van der Waals surface area contributed by atoms with Crippen LogP contribution in [0, 0.1) is 13.8 Å². The predicted octanol–water partition coefficient (Wildman–Crippen LogP) is 4.23. The van der Waals surface area contributed by atoms with Gasteiger partial charge >= 0.3 is 5.97 Å². The molecule has 0 unspecified atom stereocenters. The van der Waals surface area contributed by atoms with E-state index in [4.69, 9.17) is 0 Å². The average Bonchev–Trinajstić information content (AvgIpc) is 2.48. The molecular formula is C18H20O2S. The lowest BCUT2D eigenvalue weighted by atomic mass is 10.0. The second-order valence-corrected chi connectivity index (χ2v) is 6.44. The molecule has 2 aromatic carbocycles. The van der Waals surface area contributed by atoms with Gasteiger partial charge in [0.2, 0.25) is 0 Å². The molecule has 110 valence electrons. The molecule has 2 nitrogen and oxygen atoms in total. The molecule has 0 aliphatic carbocycles. The standard InChI is InChI=1S/C18H20O2S/c1-13-8-9-16(10-14(13)2)11-17(18(19)20)21-12-15-6-4-3-5-7-15/h3-10,17H,11-12H2,1-2H3,(H,19,20)/t17-/m0/s1. The van der Waals surface area contributed by atoms with Crippen molar-refractivity contribution in [3.8, 4) is 0 Å². The van der Waals surface area contributed by atoms with E-state index < -0.39 is 11.2 Å². The molecule has 0 aromatic heterocycles. The van der Waals surface area contributed by atoms with Crippen molar-refractivity contribution in [2.75, 3.05) is 0 Å². The third-order valence-corrected chi connectivity index (χ3v) is 4.83. The number of carbonyl (C=O) groups is 1. The van der Waals surface area contributed by atoms with Crippen molar-refractivity contribution in [1.82, 2.24) is 0 Å². The molecule has 0 aliphatic heterocycles. The predicted molar refractivity (Wildman–Crippen MR) is 88.8 cm³/mol. The molecule has 0 radical (unpaired) electrons. The first-order chi connectivity index (χ1) is 10.1. The van der Waals surface area contributed by atoms with Gasteiger partial charge in [-0.1, -0.05) is 48.5 Å². The normalized spacial score (nSPS) is 12.1. The number of hydrogen-bond donors (Lipinski definition) is 1. The largest absolute Gasteiger partial charge is 0.480 e. The van der Waals surface area contributed by atoms with E-state index in [1.54, 1.807) is 0 Å². The first-order valence-corrected chi connectivity index (χ1v) is 8.05. The van der Waals surface area contributed by atoms with Gasteiger partial charge in [-0.05, 0) is 42.5 Å². The van der Waals surface area contributed by atoms with Gasteiger partial charge in [-0.2, -0.15) is 0 Å². The van der Waals surface area contributed by atoms with Gasteiger partial charge in [-0.15, -0.1) is 11.8 Å². The Labute approximate surface area is 130 Å². The van der Waals surface area contributed by atoms with Gasteiger partial charge < -0.3 is 5.11 Å². The summed E-state index contributed by atoms with van der Waals surface area (Å²) in [5.74, 6) is -0.0167. The summed E-state index contributed by atoms with van der Waals surface area (Å²) >= 11 is 1.49. The highest BCUT2D eigenvalue weighted by Gasteiger charge is 2.18. The van der Waals surface area contributed by atoms with Crippen molar-refractivity contribution in [3.63, 3.8) is 0 Å². The zero-order valence-corrected chi connectivity index (χ0v) is 13.2. The van der Waals surface area contributed by atoms with E-state index in [1.165, 1.54) is 22.9 Å². The van der Waals surface area contributed by atoms with E-state index in [-0.39, 0.29) is 0 Å². The molecule has 1 N–H and O–H groups in total. The zero-order valence-electron chi connectivity index (χ0n) is 12.4. The number of hydrogen-bond acceptors (Lipinski definition) is 2. The van der Waals surface area contributed by atoms with E-state index >= 15 is 0 Å². The van der Waals surface area contributed by atoms with Crippen molar-refractivity contribution in [3.05, 3.63) is 70.8 Å². The maximum absolute atomic E-state index is 11.5. The molecule has 0 amide bonds. The van der Waals surface area contributed by atoms with Crippen LogP contribution in [-0.4, -0.2) is 16.3 Å². The third-order valence-electron chi connectivity index (χ3n) is 3.56. The van der Waals surface area contributed by atoms with E-state index in [2.05, 4.69) is 26.0 Å². The van der Waals surface area contributed by atoms with Gasteiger partial charge in [0.15, 0.2) is 0 Å². The lowest BCUT2D eigenvalue weighted by molar-refractivity contribution is -0.136. The molecule has 1 atom stereocenters. The van der Waals surface area contributed by atoms with Crippen molar-refractivity contribution in [2.24, 2.45) is 0 Å². The summed E-state index contributed by atoms with van der Waals surface area (Å²) in [6.45, 7) is 4.13. The van der Waals surface area contributed by atoms with E-state index in [0.717, 1.165) is 16.9 Å². The quantitative estimate of drug-likeness (QED) is 0.867. The molecule has 0 spiro atoms. The highest BCUT2D eigenvalue weighted by molar-refractivity contribution is 7.99. The molecule has 0 aliphatic rings. The third kappa shape index (κ3) is 4.64. The summed E-state index contributed by atoms with van der Waals surface area (Å²) in [6, 6.07) is 16.2. The monoisotopic (exact) mass is 300 g/mol. The van der Waals surface area contributed by atoms with Crippen molar-refractivity contribution >= 4 is 17.7 Å². The van der Waals surface area contributed by atoms with Crippen LogP contribution >= 0.6 is 11.8 Å². The summed E-state index contributed by atoms with van der Waals surface area (Å²) in [5.41, 5.74) is 4.70. The number of rotatable bonds is 6. The second-order valence-electron chi connectivity index (χ2n) is 5.25. The summed E-state index contributed by atoms with van der Waals surface area (Å²) in [5, 5.41) is 9.01. The number of aliphatic carboxylic acids is 1. The fourth-order valence-corrected chi connectivity index (χ4v) is 3.17. The highest BCUT2D eigenvalue weighted by Crippen LogP contribution is 2.22. The van der Waals surface area contributed by atoms with Crippen LogP contribution in [-0.2, 0) is 17.0 Å². The van der Waals surface area contributed by atoms with E-state index in [1.807, 2.05) is 36.4 Å². The molecule has 0 saturated carbocycles. The van der Waals surface area contributed by atoms with Crippen LogP contribution in [0.25, 0.3) is 0 Å². The van der Waals surface area contributed by atoms with Gasteiger partial charge in [-0.25, -0.2) is 0 Å². The summed E-state index contributed by atoms with van der Waals surface area (Å²) < 4.78 is 0. The van der Waals surface area contributed by atoms with Crippen LogP contribution in [0.15, 0.2) is 48.5 Å². The number of thioether (sulfide) groups is 1. The van der Waals surface area contributed by atoms with Crippen molar-refractivity contribution < 1.29 is 9.90 Å². The molecule has 0 bridgehead atoms. The van der Waals surface area contributed by atoms with Gasteiger partial charge in [0, 0.05) is 5.75 Å². The Balaban J connectivity index is 2.02. The van der Waals surface area contributed by atoms with Gasteiger partial charge in [0.25, 0.3) is 0 Å². The smallest absolute Gasteiger partial charge is 0.316 e. The lowest BCUT2D eigenvalue weighted by Gasteiger charge is -2.13. The Hall–Kier alpha value is -1.74. The molecule has 3 heteroatoms. The van der Waals surface area contributed by atoms with Crippen LogP contribution < -0.4 is 0 Å². The fourth-order valence-electron chi connectivity index (χ4n) is 2.13. The Kier molecular flexibility index (Phi) is 5.45. The average molecular weight is 300 g/mol. The molecular weight excluding hydrogens is 280 g/mol. The molecule has 2 rings (SSSR count). The lowest BCUT2D eigenvalue weighted by Crippen LogP contribution is -2.19. The minimum Gasteiger partial charge on any atom is -0.480 e. The minimum atomic E-state index is -0.742. The van der Waals surface area contributed by atoms with Crippen LogP contribution in [0.4, 0.5) is 0 Å². The van der Waals surface area contributed by atoms with Gasteiger partial charge in [0.1, 0.15) is 5.25 Å². The summed E-state index contributed by atoms with van der Waals surface area (Å²) in [6.07, 6.45) is 0.563. The first kappa shape index (κ1) is 15.6. The Bertz CT molecular complexity index is 608. The number of benzene rings is 2. The Morgan fingerprint density at radius 1 is 1.05 bits per heavy atom. The Morgan fingerprint density at radius 2 is 1.76 bits per heavy atom. The highest BCUT2D eigenvalue weighted by atomic mass is 32.2. The number of carboxylic acid groups (broad SMARTS) is 1. The molecule has 0 heterocycles. The van der Waals surface area contributed by atoms with Crippen LogP contribution in [0.3, 0.4) is 0 Å². The van der Waals surface area contributed by atoms with Gasteiger partial charge in [-0.3, -0.25) is 4.79 Å². The van der Waals surface area contributed by atoms with Gasteiger partial charge in [0.05, 0.1) is 0 Å². The first-order valence-electron chi connectivity index (χ1n) is 7.00. The molecule has 21 heavy (non-hydrogen) atoms. The maximum Gasteiger partial charge on any atom is 0.316 e. The topological polar surface area (TPSA) is 37.3 Å². The van der Waals surface area contributed by atoms with E-state index in [0.29, 0.717) is 6.42 Å². The molecule has 0 fully saturated rings. The molecule has 0 saturated heterocycles. The van der Waals surface area contributed by atoms with Crippen molar-refractivity contribution in [2.45, 2.75) is 31.3 Å². The molecule has 2 aromatic rings. The Morgan fingerprint density at radius 3 is 2.38 bits per heavy atom. The van der Waals surface area contributed by atoms with Crippen LogP contribution in [0.5, 0.6) is 0 Å². The second kappa shape index (κ2) is 7.32. The van der Waals surface area contributed by atoms with Crippen LogP contribution in [0.2, 0.25) is 0 Å². The number of carboxylic acids is 1. The minimum absolute atomic E-state index is 0.410. The SMILES string of the molecule is Cc1ccc(C[C@H](SCc2ccccc2)C(=O)O)cc1C. The zero-order chi connectivity index (χ0) is 15.2. The van der Waals surface area contributed by atoms with Crippen molar-refractivity contribution in [1.29, 1.82) is 0 Å². The summed E-state index contributed by atoms with van der Waals surface area (Å²) in [7, 11) is 0. The van der Waals surface area contributed by atoms with Crippen LogP contribution in [0.1, 0.15) is 22.3 Å². The fraction of sp³-hybridized carbons (Fsp3) is 0.278. The number of aryl methyl sites for hydroxylation is 2. The van der Waals surface area contributed by atoms with E-state index in [9.17, 15) is 9.90 Å². The summed E-state index contributed by atoms with van der Waals surface area (Å²) in [4.78, 5) is 11.5. The maximum atomic E-state index is 11.5.